The lowest BCUT2D eigenvalue weighted by atomic mass is 9.98. The molecule has 0 unspecified atom stereocenters. The Hall–Kier alpha value is -3.73. The molecule has 0 aromatic heterocycles. The van der Waals surface area contributed by atoms with Gasteiger partial charge in [0.15, 0.2) is 5.78 Å². The van der Waals surface area contributed by atoms with Crippen LogP contribution in [0.3, 0.4) is 0 Å². The van der Waals surface area contributed by atoms with Gasteiger partial charge in [-0.3, -0.25) is 14.4 Å². The summed E-state index contributed by atoms with van der Waals surface area (Å²) in [5.74, 6) is -0.478. The lowest BCUT2D eigenvalue weighted by molar-refractivity contribution is -0.117. The molecule has 2 N–H and O–H groups in total. The minimum atomic E-state index is -0.379. The van der Waals surface area contributed by atoms with Crippen LogP contribution in [0.1, 0.15) is 39.1 Å². The van der Waals surface area contributed by atoms with E-state index >= 15 is 0 Å². The van der Waals surface area contributed by atoms with Gasteiger partial charge in [-0.1, -0.05) is 54.6 Å². The summed E-state index contributed by atoms with van der Waals surface area (Å²) in [4.78, 5) is 37.7. The summed E-state index contributed by atoms with van der Waals surface area (Å²) in [7, 11) is 0. The Balaban J connectivity index is 1.53. The zero-order valence-electron chi connectivity index (χ0n) is 15.7. The molecule has 0 aliphatic heterocycles. The first-order valence-electron chi connectivity index (χ1n) is 9.53. The van der Waals surface area contributed by atoms with Crippen molar-refractivity contribution in [3.63, 3.8) is 0 Å². The van der Waals surface area contributed by atoms with Gasteiger partial charge in [-0.05, 0) is 37.1 Å². The van der Waals surface area contributed by atoms with Crippen molar-refractivity contribution in [3.05, 3.63) is 95.6 Å². The third kappa shape index (κ3) is 4.41. The number of ketones is 1. The Kier molecular flexibility index (Phi) is 5.20. The molecule has 5 nitrogen and oxygen atoms in total. The van der Waals surface area contributed by atoms with Crippen LogP contribution in [-0.2, 0) is 4.79 Å². The zero-order chi connectivity index (χ0) is 20.2. The van der Waals surface area contributed by atoms with Crippen molar-refractivity contribution < 1.29 is 14.4 Å². The molecular formula is C24H20N2O3. The molecule has 0 heterocycles. The highest BCUT2D eigenvalue weighted by atomic mass is 16.2. The quantitative estimate of drug-likeness (QED) is 0.614. The summed E-state index contributed by atoms with van der Waals surface area (Å²) in [6, 6.07) is 22.6. The van der Waals surface area contributed by atoms with Crippen molar-refractivity contribution in [2.75, 3.05) is 10.6 Å². The molecule has 0 atom stereocenters. The molecule has 0 saturated heterocycles. The molecule has 4 rings (SSSR count). The van der Waals surface area contributed by atoms with Crippen molar-refractivity contribution >= 4 is 29.0 Å². The van der Waals surface area contributed by atoms with Gasteiger partial charge in [0.05, 0.1) is 5.56 Å². The molecule has 1 aliphatic rings. The first-order chi connectivity index (χ1) is 14.1. The molecule has 0 bridgehead atoms. The number of carbonyl (C=O) groups excluding carboxylic acids is 3. The van der Waals surface area contributed by atoms with Gasteiger partial charge in [-0.25, -0.2) is 0 Å². The molecule has 3 aromatic rings. The van der Waals surface area contributed by atoms with Gasteiger partial charge in [0.1, 0.15) is 0 Å². The van der Waals surface area contributed by atoms with Crippen LogP contribution in [0.5, 0.6) is 0 Å². The van der Waals surface area contributed by atoms with E-state index in [9.17, 15) is 14.4 Å². The molecule has 0 spiro atoms. The maximum Gasteiger partial charge on any atom is 0.256 e. The second-order valence-corrected chi connectivity index (χ2v) is 7.04. The number of hydrogen-bond donors (Lipinski definition) is 2. The minimum Gasteiger partial charge on any atom is -0.326 e. The maximum atomic E-state index is 12.9. The van der Waals surface area contributed by atoms with Gasteiger partial charge in [-0.15, -0.1) is 0 Å². The number of carbonyl (C=O) groups is 3. The number of benzene rings is 3. The molecule has 2 amide bonds. The molecule has 0 radical (unpaired) electrons. The normalized spacial score (nSPS) is 12.8. The SMILES string of the molecule is O=C(Nc1cccc(NC(=O)C2CC2)c1)c1ccccc1C(=O)c1ccccc1. The highest BCUT2D eigenvalue weighted by molar-refractivity contribution is 6.17. The molecule has 1 aliphatic carbocycles. The van der Waals surface area contributed by atoms with E-state index in [0.29, 0.717) is 28.1 Å². The zero-order valence-corrected chi connectivity index (χ0v) is 15.7. The smallest absolute Gasteiger partial charge is 0.256 e. The van der Waals surface area contributed by atoms with Gasteiger partial charge >= 0.3 is 0 Å². The van der Waals surface area contributed by atoms with Crippen LogP contribution in [-0.4, -0.2) is 17.6 Å². The van der Waals surface area contributed by atoms with E-state index in [1.165, 1.54) is 0 Å². The Labute approximate surface area is 168 Å². The standard InChI is InChI=1S/C24H20N2O3/c27-22(16-7-2-1-3-8-16)20-11-4-5-12-21(20)24(29)26-19-10-6-9-18(15-19)25-23(28)17-13-14-17/h1-12,15,17H,13-14H2,(H,25,28)(H,26,29). The van der Waals surface area contributed by atoms with Crippen LogP contribution in [0.25, 0.3) is 0 Å². The van der Waals surface area contributed by atoms with E-state index < -0.39 is 0 Å². The van der Waals surface area contributed by atoms with E-state index in [0.717, 1.165) is 12.8 Å². The predicted octanol–water partition coefficient (Wildman–Crippen LogP) is 4.52. The summed E-state index contributed by atoms with van der Waals surface area (Å²) in [5, 5.41) is 5.69. The largest absolute Gasteiger partial charge is 0.326 e. The van der Waals surface area contributed by atoms with Crippen molar-refractivity contribution in [1.29, 1.82) is 0 Å². The molecule has 1 saturated carbocycles. The summed E-state index contributed by atoms with van der Waals surface area (Å²) in [6.07, 6.45) is 1.85. The van der Waals surface area contributed by atoms with Crippen molar-refractivity contribution in [1.82, 2.24) is 0 Å². The molecule has 144 valence electrons. The topological polar surface area (TPSA) is 75.3 Å². The summed E-state index contributed by atoms with van der Waals surface area (Å²) in [6.45, 7) is 0. The molecular weight excluding hydrogens is 364 g/mol. The Bertz CT molecular complexity index is 1070. The fraction of sp³-hybridized carbons (Fsp3) is 0.125. The average molecular weight is 384 g/mol. The average Bonchev–Trinajstić information content (AvgIpc) is 3.60. The van der Waals surface area contributed by atoms with E-state index in [2.05, 4.69) is 10.6 Å². The summed E-state index contributed by atoms with van der Waals surface area (Å²) < 4.78 is 0. The van der Waals surface area contributed by atoms with Crippen LogP contribution in [0, 0.1) is 5.92 Å². The highest BCUT2D eigenvalue weighted by Crippen LogP contribution is 2.30. The second kappa shape index (κ2) is 8.10. The number of hydrogen-bond acceptors (Lipinski definition) is 3. The Morgan fingerprint density at radius 1 is 0.690 bits per heavy atom. The van der Waals surface area contributed by atoms with Crippen molar-refractivity contribution in [2.45, 2.75) is 12.8 Å². The fourth-order valence-corrected chi connectivity index (χ4v) is 3.09. The van der Waals surface area contributed by atoms with Crippen molar-refractivity contribution in [2.24, 2.45) is 5.92 Å². The molecule has 3 aromatic carbocycles. The number of rotatable bonds is 6. The Morgan fingerprint density at radius 3 is 2.00 bits per heavy atom. The van der Waals surface area contributed by atoms with Crippen LogP contribution < -0.4 is 10.6 Å². The third-order valence-electron chi connectivity index (χ3n) is 4.79. The lowest BCUT2D eigenvalue weighted by Gasteiger charge is -2.11. The molecule has 29 heavy (non-hydrogen) atoms. The van der Waals surface area contributed by atoms with Gasteiger partial charge in [0, 0.05) is 28.4 Å². The lowest BCUT2D eigenvalue weighted by Crippen LogP contribution is -2.17. The van der Waals surface area contributed by atoms with Crippen LogP contribution in [0.15, 0.2) is 78.9 Å². The summed E-state index contributed by atoms with van der Waals surface area (Å²) in [5.41, 5.74) is 2.35. The first-order valence-corrected chi connectivity index (χ1v) is 9.53. The number of amides is 2. The molecule has 1 fully saturated rings. The maximum absolute atomic E-state index is 12.9. The monoisotopic (exact) mass is 384 g/mol. The van der Waals surface area contributed by atoms with Crippen LogP contribution in [0.4, 0.5) is 11.4 Å². The van der Waals surface area contributed by atoms with E-state index in [1.54, 1.807) is 72.8 Å². The van der Waals surface area contributed by atoms with E-state index in [1.807, 2.05) is 6.07 Å². The van der Waals surface area contributed by atoms with Crippen molar-refractivity contribution in [3.8, 4) is 0 Å². The Morgan fingerprint density at radius 2 is 1.31 bits per heavy atom. The van der Waals surface area contributed by atoms with Gasteiger partial charge in [0.2, 0.25) is 5.91 Å². The fourth-order valence-electron chi connectivity index (χ4n) is 3.09. The second-order valence-electron chi connectivity index (χ2n) is 7.04. The van der Waals surface area contributed by atoms with Crippen LogP contribution >= 0.6 is 0 Å². The van der Waals surface area contributed by atoms with E-state index in [4.69, 9.17) is 0 Å². The number of anilines is 2. The van der Waals surface area contributed by atoms with Gasteiger partial charge in [-0.2, -0.15) is 0 Å². The van der Waals surface area contributed by atoms with Gasteiger partial charge in [0.25, 0.3) is 5.91 Å². The van der Waals surface area contributed by atoms with E-state index in [-0.39, 0.29) is 23.5 Å². The van der Waals surface area contributed by atoms with Gasteiger partial charge < -0.3 is 10.6 Å². The number of nitrogens with one attached hydrogen (secondary N) is 2. The highest BCUT2D eigenvalue weighted by Gasteiger charge is 2.29. The first kappa shape index (κ1) is 18.6. The third-order valence-corrected chi connectivity index (χ3v) is 4.79. The minimum absolute atomic E-state index is 0.00674. The molecule has 5 heteroatoms. The summed E-state index contributed by atoms with van der Waals surface area (Å²) >= 11 is 0. The predicted molar refractivity (Wildman–Crippen MR) is 112 cm³/mol. The van der Waals surface area contributed by atoms with Crippen LogP contribution in [0.2, 0.25) is 0 Å².